The van der Waals surface area contributed by atoms with Gasteiger partial charge in [0.25, 0.3) is 0 Å². The second-order valence-electron chi connectivity index (χ2n) is 21.8. The molecule has 0 radical (unpaired) electrons. The molecule has 0 spiro atoms. The van der Waals surface area contributed by atoms with Crippen LogP contribution in [0.15, 0.2) is 35.0 Å². The molecule has 71 heavy (non-hydrogen) atoms. The summed E-state index contributed by atoms with van der Waals surface area (Å²) < 4.78 is 9.65. The zero-order valence-electron chi connectivity index (χ0n) is 45.4. The largest absolute Gasteiger partial charge is 0.143 e. The number of hydrogen-bond acceptors (Lipinski definition) is 6. The molecule has 0 bridgehead atoms. The molecule has 6 heterocycles. The van der Waals surface area contributed by atoms with E-state index >= 15 is 0 Å². The smallest absolute Gasteiger partial charge is 0.0651 e. The van der Waals surface area contributed by atoms with Gasteiger partial charge in [0.1, 0.15) is 0 Å². The summed E-state index contributed by atoms with van der Waals surface area (Å²) in [4.78, 5) is 6.14. The predicted octanol–water partition coefficient (Wildman–Crippen LogP) is 26.7. The van der Waals surface area contributed by atoms with Crippen LogP contribution in [0.25, 0.3) is 47.7 Å². The molecule has 0 amide bonds. The van der Waals surface area contributed by atoms with Gasteiger partial charge in [-0.15, -0.1) is 68.0 Å². The van der Waals surface area contributed by atoms with Crippen molar-refractivity contribution in [2.45, 2.75) is 292 Å². The standard InChI is InChI=1S/C64H100S6.CH4/c1-5-9-13-17-21-23-27-31-41-51(39-29-25-19-15-11-7-3)43-33-35-45-53-57(55-47-37-49-65-55)67-61-59(53)69-64-62-60(70-63(61)64)54(58(68-62)56-48-38-50-66-56)46-36-34-44-52(40-30-26-20-16-12-8-4)42-32-28-24-22-18-14-10-6-2;/h37-38,47-52H,5-36,39-46H2,1-4H3;1H4. The van der Waals surface area contributed by atoms with Gasteiger partial charge in [-0.25, -0.2) is 0 Å². The van der Waals surface area contributed by atoms with Crippen LogP contribution in [-0.2, 0) is 12.8 Å². The molecule has 0 saturated heterocycles. The first-order chi connectivity index (χ1) is 34.7. The summed E-state index contributed by atoms with van der Waals surface area (Å²) in [6.07, 6.45) is 56.8. The lowest BCUT2D eigenvalue weighted by molar-refractivity contribution is 0.368. The minimum Gasteiger partial charge on any atom is -0.143 e. The Bertz CT molecular complexity index is 2010. The van der Waals surface area contributed by atoms with Crippen LogP contribution in [0.2, 0.25) is 0 Å². The number of aryl methyl sites for hydroxylation is 2. The van der Waals surface area contributed by atoms with Gasteiger partial charge in [-0.1, -0.05) is 278 Å². The van der Waals surface area contributed by atoms with Gasteiger partial charge in [-0.2, -0.15) is 0 Å². The Morgan fingerprint density at radius 1 is 0.310 bits per heavy atom. The van der Waals surface area contributed by atoms with Gasteiger partial charge < -0.3 is 0 Å². The van der Waals surface area contributed by atoms with Crippen LogP contribution in [0, 0.1) is 11.8 Å². The molecule has 2 atom stereocenters. The van der Waals surface area contributed by atoms with Crippen LogP contribution in [0.4, 0.5) is 0 Å². The van der Waals surface area contributed by atoms with Crippen molar-refractivity contribution in [2.24, 2.45) is 11.8 Å². The number of thiophene rings is 6. The molecule has 0 aliphatic heterocycles. The van der Waals surface area contributed by atoms with E-state index in [0.29, 0.717) is 0 Å². The van der Waals surface area contributed by atoms with Crippen LogP contribution < -0.4 is 0 Å². The minimum absolute atomic E-state index is 0. The molecule has 0 fully saturated rings. The molecule has 2 unspecified atom stereocenters. The molecule has 0 N–H and O–H groups in total. The van der Waals surface area contributed by atoms with Crippen molar-refractivity contribution < 1.29 is 0 Å². The fraction of sp³-hybridized carbons (Fsp3) is 0.723. The maximum Gasteiger partial charge on any atom is 0.0651 e. The normalized spacial score (nSPS) is 12.8. The Balaban J connectivity index is 0.00000937. The van der Waals surface area contributed by atoms with Crippen molar-refractivity contribution in [2.75, 3.05) is 0 Å². The van der Waals surface area contributed by atoms with Gasteiger partial charge in [0.2, 0.25) is 0 Å². The van der Waals surface area contributed by atoms with E-state index in [1.807, 2.05) is 22.7 Å². The summed E-state index contributed by atoms with van der Waals surface area (Å²) >= 11 is 12.5. The molecule has 400 valence electrons. The highest BCUT2D eigenvalue weighted by molar-refractivity contribution is 7.46. The molecule has 6 rings (SSSR count). The SMILES string of the molecule is C.CCCCCCCCCCC(CCCCCCCC)CCCCc1c(-c2cccs2)sc2c1sc1c3sc(-c4cccs4)c(CCCCC(CCCCCCCC)CCCCCCCCCC)c3sc21. The maximum absolute atomic E-state index is 2.40. The quantitative estimate of drug-likeness (QED) is 0.0335. The molecule has 6 heteroatoms. The van der Waals surface area contributed by atoms with Crippen molar-refractivity contribution >= 4 is 96.2 Å². The van der Waals surface area contributed by atoms with Crippen molar-refractivity contribution in [3.63, 3.8) is 0 Å². The van der Waals surface area contributed by atoms with E-state index in [0.717, 1.165) is 11.8 Å². The Morgan fingerprint density at radius 2 is 0.577 bits per heavy atom. The first-order valence-corrected chi connectivity index (χ1v) is 35.2. The molecule has 0 aliphatic rings. The Kier molecular flexibility index (Phi) is 31.6. The van der Waals surface area contributed by atoms with E-state index in [4.69, 9.17) is 0 Å². The van der Waals surface area contributed by atoms with Crippen molar-refractivity contribution in [1.82, 2.24) is 0 Å². The van der Waals surface area contributed by atoms with Gasteiger partial charge in [-0.05, 0) is 71.5 Å². The van der Waals surface area contributed by atoms with E-state index in [1.54, 1.807) is 49.1 Å². The Labute approximate surface area is 462 Å². The summed E-state index contributed by atoms with van der Waals surface area (Å²) in [6, 6.07) is 9.34. The van der Waals surface area contributed by atoms with Crippen LogP contribution in [0.5, 0.6) is 0 Å². The Morgan fingerprint density at radius 3 is 0.859 bits per heavy atom. The van der Waals surface area contributed by atoms with E-state index in [2.05, 4.69) is 108 Å². The molecule has 0 nitrogen and oxygen atoms in total. The zero-order valence-corrected chi connectivity index (χ0v) is 50.3. The average Bonchev–Trinajstić information content (AvgIpc) is 4.25. The summed E-state index contributed by atoms with van der Waals surface area (Å²) in [5.74, 6) is 1.87. The zero-order chi connectivity index (χ0) is 48.9. The van der Waals surface area contributed by atoms with Gasteiger partial charge in [-0.3, -0.25) is 0 Å². The summed E-state index contributed by atoms with van der Waals surface area (Å²) in [5.41, 5.74) is 3.36. The van der Waals surface area contributed by atoms with E-state index in [-0.39, 0.29) is 7.43 Å². The average molecular weight is 1080 g/mol. The molecule has 6 aromatic heterocycles. The maximum atomic E-state index is 2.40. The molecule has 0 aromatic carbocycles. The van der Waals surface area contributed by atoms with Crippen molar-refractivity contribution in [1.29, 1.82) is 0 Å². The second-order valence-corrected chi connectivity index (χ2v) is 27.8. The third-order valence-corrected chi connectivity index (χ3v) is 23.7. The first-order valence-electron chi connectivity index (χ1n) is 30.2. The monoisotopic (exact) mass is 1080 g/mol. The van der Waals surface area contributed by atoms with Gasteiger partial charge >= 0.3 is 0 Å². The highest BCUT2D eigenvalue weighted by Crippen LogP contribution is 2.56. The molecular weight excluding hydrogens is 973 g/mol. The van der Waals surface area contributed by atoms with E-state index < -0.39 is 0 Å². The van der Waals surface area contributed by atoms with Crippen molar-refractivity contribution in [3.8, 4) is 19.5 Å². The van der Waals surface area contributed by atoms with Crippen molar-refractivity contribution in [3.05, 3.63) is 46.2 Å². The van der Waals surface area contributed by atoms with Gasteiger partial charge in [0, 0.05) is 19.5 Å². The van der Waals surface area contributed by atoms with Crippen LogP contribution >= 0.6 is 68.0 Å². The molecule has 0 saturated carbocycles. The van der Waals surface area contributed by atoms with E-state index in [9.17, 15) is 0 Å². The number of rotatable bonds is 44. The lowest BCUT2D eigenvalue weighted by Crippen LogP contribution is -2.02. The molecule has 0 aliphatic carbocycles. The molecular formula is C65H104S6. The van der Waals surface area contributed by atoms with Gasteiger partial charge in [0.05, 0.1) is 28.2 Å². The second kappa shape index (κ2) is 36.9. The molecule has 6 aromatic rings. The van der Waals surface area contributed by atoms with Crippen LogP contribution in [0.3, 0.4) is 0 Å². The fourth-order valence-corrected chi connectivity index (χ4v) is 19.6. The number of fused-ring (bicyclic) bond motifs is 5. The summed E-state index contributed by atoms with van der Waals surface area (Å²) in [6.45, 7) is 9.36. The highest BCUT2D eigenvalue weighted by atomic mass is 32.1. The highest BCUT2D eigenvalue weighted by Gasteiger charge is 2.26. The van der Waals surface area contributed by atoms with Gasteiger partial charge in [0.15, 0.2) is 0 Å². The third-order valence-electron chi connectivity index (χ3n) is 15.9. The Hall–Kier alpha value is -1.02. The third kappa shape index (κ3) is 20.5. The predicted molar refractivity (Wildman–Crippen MR) is 336 cm³/mol. The first kappa shape index (κ1) is 60.8. The topological polar surface area (TPSA) is 0 Å². The summed E-state index contributed by atoms with van der Waals surface area (Å²) in [7, 11) is 0. The van der Waals surface area contributed by atoms with E-state index in [1.165, 1.54) is 267 Å². The van der Waals surface area contributed by atoms with Crippen LogP contribution in [0.1, 0.15) is 290 Å². The summed E-state index contributed by atoms with van der Waals surface area (Å²) in [5, 5.41) is 4.60. The lowest BCUT2D eigenvalue weighted by Gasteiger charge is -2.17. The number of unbranched alkanes of at least 4 members (excludes halogenated alkanes) is 26. The number of hydrogen-bond donors (Lipinski definition) is 0. The lowest BCUT2D eigenvalue weighted by atomic mass is 9.89. The fourth-order valence-electron chi connectivity index (χ4n) is 11.6. The minimum atomic E-state index is 0. The van der Waals surface area contributed by atoms with Crippen LogP contribution in [-0.4, -0.2) is 0 Å².